The van der Waals surface area contributed by atoms with Crippen LogP contribution in [-0.2, 0) is 10.0 Å². The average Bonchev–Trinajstić information content (AvgIpc) is 3.18. The van der Waals surface area contributed by atoms with Crippen LogP contribution in [0.25, 0.3) is 16.1 Å². The van der Waals surface area contributed by atoms with Gasteiger partial charge >= 0.3 is 0 Å². The van der Waals surface area contributed by atoms with Crippen LogP contribution >= 0.6 is 11.3 Å². The second-order valence-corrected chi connectivity index (χ2v) is 11.6. The molecule has 0 amide bonds. The molecular weight excluding hydrogens is 484 g/mol. The third kappa shape index (κ3) is 4.15. The van der Waals surface area contributed by atoms with Crippen LogP contribution in [0.4, 0.5) is 14.6 Å². The summed E-state index contributed by atoms with van der Waals surface area (Å²) in [5.74, 6) is 0.657. The molecule has 13 heteroatoms. The molecule has 3 aromatic rings. The van der Waals surface area contributed by atoms with Crippen LogP contribution in [0, 0.1) is 11.3 Å². The molecule has 0 radical (unpaired) electrons. The van der Waals surface area contributed by atoms with E-state index in [1.54, 1.807) is 18.3 Å². The summed E-state index contributed by atoms with van der Waals surface area (Å²) < 4.78 is 57.2. The van der Waals surface area contributed by atoms with Crippen LogP contribution in [0.15, 0.2) is 29.3 Å². The Labute approximate surface area is 199 Å². The number of piperazine rings is 1. The summed E-state index contributed by atoms with van der Waals surface area (Å²) in [6.45, 7) is 5.42. The van der Waals surface area contributed by atoms with Gasteiger partial charge in [-0.15, -0.1) is 10.2 Å². The van der Waals surface area contributed by atoms with Crippen molar-refractivity contribution in [3.63, 3.8) is 0 Å². The summed E-state index contributed by atoms with van der Waals surface area (Å²) in [7, 11) is -4.01. The molecule has 180 valence electrons. The van der Waals surface area contributed by atoms with Crippen molar-refractivity contribution in [2.45, 2.75) is 55.6 Å². The molecule has 9 nitrogen and oxygen atoms in total. The Balaban J connectivity index is 1.67. The van der Waals surface area contributed by atoms with E-state index in [4.69, 9.17) is 0 Å². The second-order valence-electron chi connectivity index (χ2n) is 8.95. The van der Waals surface area contributed by atoms with E-state index in [0.29, 0.717) is 42.8 Å². The molecule has 34 heavy (non-hydrogen) atoms. The fourth-order valence-electron chi connectivity index (χ4n) is 4.37. The monoisotopic (exact) mass is 507 g/mol. The van der Waals surface area contributed by atoms with E-state index in [2.05, 4.69) is 39.0 Å². The predicted octanol–water partition coefficient (Wildman–Crippen LogP) is 2.92. The fourth-order valence-corrected chi connectivity index (χ4v) is 6.51. The quantitative estimate of drug-likeness (QED) is 0.527. The Morgan fingerprint density at radius 3 is 2.56 bits per heavy atom. The van der Waals surface area contributed by atoms with Gasteiger partial charge in [0.1, 0.15) is 16.4 Å². The molecule has 1 aliphatic carbocycles. The van der Waals surface area contributed by atoms with Crippen molar-refractivity contribution in [3.05, 3.63) is 29.4 Å². The molecule has 2 N–H and O–H groups in total. The third-order valence-electron chi connectivity index (χ3n) is 6.07. The topological polar surface area (TPSA) is 115 Å². The van der Waals surface area contributed by atoms with Gasteiger partial charge in [-0.25, -0.2) is 17.2 Å². The highest BCUT2D eigenvalue weighted by Gasteiger charge is 2.47. The number of nitriles is 1. The Morgan fingerprint density at radius 1 is 1.26 bits per heavy atom. The number of nitrogens with one attached hydrogen (secondary N) is 2. The van der Waals surface area contributed by atoms with Crippen molar-refractivity contribution in [2.75, 3.05) is 18.0 Å². The smallest absolute Gasteiger partial charge is 0.291 e. The van der Waals surface area contributed by atoms with Gasteiger partial charge in [-0.3, -0.25) is 0 Å². The summed E-state index contributed by atoms with van der Waals surface area (Å²) in [5.41, 5.74) is -0.0461. The van der Waals surface area contributed by atoms with Gasteiger partial charge in [0.15, 0.2) is 5.01 Å². The van der Waals surface area contributed by atoms with E-state index in [9.17, 15) is 22.5 Å². The lowest BCUT2D eigenvalue weighted by atomic mass is 10.1. The van der Waals surface area contributed by atoms with E-state index in [1.165, 1.54) is 6.07 Å². The molecule has 0 bridgehead atoms. The van der Waals surface area contributed by atoms with Crippen LogP contribution in [0.2, 0.25) is 0 Å². The summed E-state index contributed by atoms with van der Waals surface area (Å²) in [6.07, 6.45) is -0.0346. The number of hydrogen-bond donors (Lipinski definition) is 2. The van der Waals surface area contributed by atoms with Crippen molar-refractivity contribution >= 4 is 32.7 Å². The SMILES string of the molecule is C[C@H]1CN(c2cc(S(=O)(=O)NC3(C#N)CC3)cc3c(-c4nnc(C(F)F)s4)ccn23)C[C@H](C)N1. The number of aromatic nitrogens is 3. The molecule has 5 rings (SSSR count). The van der Waals surface area contributed by atoms with Crippen molar-refractivity contribution in [3.8, 4) is 16.6 Å². The standard InChI is InChI=1S/C21H23F2N7O2S2/c1-12-9-29(10-13(2)25-12)17-8-14(34(31,32)28-21(11-24)4-5-21)7-16-15(3-6-30(16)17)19-26-27-20(33-19)18(22)23/h3,6-8,12-13,18,25,28H,4-5,9-10H2,1-2H3/t12-,13-/m0/s1. The minimum atomic E-state index is -4.01. The minimum Gasteiger partial charge on any atom is -0.355 e. The second kappa shape index (κ2) is 8.23. The predicted molar refractivity (Wildman–Crippen MR) is 123 cm³/mol. The average molecular weight is 508 g/mol. The number of fused-ring (bicyclic) bond motifs is 1. The maximum atomic E-state index is 13.3. The molecule has 3 aromatic heterocycles. The van der Waals surface area contributed by atoms with Crippen molar-refractivity contribution in [1.29, 1.82) is 5.26 Å². The zero-order valence-corrected chi connectivity index (χ0v) is 20.1. The fraction of sp³-hybridized carbons (Fsp3) is 0.476. The van der Waals surface area contributed by atoms with Crippen LogP contribution in [0.3, 0.4) is 0 Å². The Morgan fingerprint density at radius 2 is 1.97 bits per heavy atom. The highest BCUT2D eigenvalue weighted by Crippen LogP contribution is 2.38. The summed E-state index contributed by atoms with van der Waals surface area (Å²) >= 11 is 0.775. The molecule has 0 aromatic carbocycles. The molecule has 2 aliphatic rings. The van der Waals surface area contributed by atoms with Gasteiger partial charge in [0.05, 0.1) is 16.5 Å². The highest BCUT2D eigenvalue weighted by molar-refractivity contribution is 7.89. The minimum absolute atomic E-state index is 0.00825. The number of anilines is 1. The molecule has 2 fully saturated rings. The molecule has 1 aliphatic heterocycles. The molecule has 4 heterocycles. The molecular formula is C21H23F2N7O2S2. The summed E-state index contributed by atoms with van der Waals surface area (Å²) in [6, 6.07) is 7.22. The van der Waals surface area contributed by atoms with Crippen LogP contribution in [-0.4, -0.2) is 53.7 Å². The van der Waals surface area contributed by atoms with Crippen LogP contribution in [0.1, 0.15) is 38.1 Å². The van der Waals surface area contributed by atoms with Gasteiger partial charge in [0.2, 0.25) is 10.0 Å². The number of rotatable bonds is 6. The summed E-state index contributed by atoms with van der Waals surface area (Å²) in [5, 5.41) is 20.2. The first-order valence-electron chi connectivity index (χ1n) is 10.8. The maximum absolute atomic E-state index is 13.3. The van der Waals surface area contributed by atoms with Gasteiger partial charge in [0.25, 0.3) is 6.43 Å². The lowest BCUT2D eigenvalue weighted by Gasteiger charge is -2.38. The number of halogens is 2. The first kappa shape index (κ1) is 23.1. The first-order chi connectivity index (χ1) is 16.1. The molecule has 0 spiro atoms. The molecule has 2 atom stereocenters. The normalized spacial score (nSPS) is 22.3. The largest absolute Gasteiger partial charge is 0.355 e. The highest BCUT2D eigenvalue weighted by atomic mass is 32.2. The third-order valence-corrected chi connectivity index (χ3v) is 8.55. The van der Waals surface area contributed by atoms with Gasteiger partial charge in [-0.05, 0) is 44.9 Å². The number of pyridine rings is 1. The Kier molecular flexibility index (Phi) is 5.59. The number of nitrogens with zero attached hydrogens (tertiary/aromatic N) is 5. The lowest BCUT2D eigenvalue weighted by Crippen LogP contribution is -2.54. The lowest BCUT2D eigenvalue weighted by molar-refractivity contribution is 0.150. The van der Waals surface area contributed by atoms with Crippen molar-refractivity contribution in [1.82, 2.24) is 24.6 Å². The van der Waals surface area contributed by atoms with Crippen LogP contribution in [0.5, 0.6) is 0 Å². The molecule has 0 unspecified atom stereocenters. The van der Waals surface area contributed by atoms with E-state index in [0.717, 1.165) is 11.3 Å². The molecule has 1 saturated heterocycles. The zero-order chi connectivity index (χ0) is 24.3. The number of sulfonamides is 1. The van der Waals surface area contributed by atoms with Gasteiger partial charge in [-0.2, -0.15) is 9.98 Å². The van der Waals surface area contributed by atoms with Gasteiger partial charge in [-0.1, -0.05) is 11.3 Å². The van der Waals surface area contributed by atoms with Crippen molar-refractivity contribution in [2.24, 2.45) is 0 Å². The van der Waals surface area contributed by atoms with Gasteiger partial charge < -0.3 is 14.6 Å². The zero-order valence-electron chi connectivity index (χ0n) is 18.5. The summed E-state index contributed by atoms with van der Waals surface area (Å²) in [4.78, 5) is 2.11. The Hall–Kier alpha value is -2.66. The van der Waals surface area contributed by atoms with E-state index < -0.39 is 27.0 Å². The number of hydrogen-bond acceptors (Lipinski definition) is 8. The van der Waals surface area contributed by atoms with E-state index in [-0.39, 0.29) is 22.0 Å². The van der Waals surface area contributed by atoms with E-state index in [1.807, 2.05) is 10.5 Å². The first-order valence-corrected chi connectivity index (χ1v) is 13.1. The Bertz CT molecular complexity index is 1380. The van der Waals surface area contributed by atoms with Crippen molar-refractivity contribution < 1.29 is 17.2 Å². The van der Waals surface area contributed by atoms with Crippen LogP contribution < -0.4 is 14.9 Å². The van der Waals surface area contributed by atoms with Gasteiger partial charge in [0, 0.05) is 36.9 Å². The molecule has 1 saturated carbocycles. The maximum Gasteiger partial charge on any atom is 0.291 e. The number of alkyl halides is 2. The van der Waals surface area contributed by atoms with E-state index >= 15 is 0 Å².